The van der Waals surface area contributed by atoms with Crippen LogP contribution >= 0.6 is 0 Å². The molecule has 4 nitrogen and oxygen atoms in total. The van der Waals surface area contributed by atoms with E-state index in [1.165, 1.54) is 0 Å². The van der Waals surface area contributed by atoms with Crippen molar-refractivity contribution >= 4 is 11.9 Å². The molecule has 19 heavy (non-hydrogen) atoms. The summed E-state index contributed by atoms with van der Waals surface area (Å²) in [6, 6.07) is 1.85. The Labute approximate surface area is 113 Å². The van der Waals surface area contributed by atoms with Crippen molar-refractivity contribution in [3.63, 3.8) is 0 Å². The SMILES string of the molecule is CCC(=O)Oc1c(C)cc(C)c(OC(=O)CC)c1C. The smallest absolute Gasteiger partial charge is 0.310 e. The Balaban J connectivity index is 3.22. The average Bonchev–Trinajstić information content (AvgIpc) is 2.38. The number of benzene rings is 1. The van der Waals surface area contributed by atoms with Gasteiger partial charge in [-0.3, -0.25) is 9.59 Å². The zero-order valence-electron chi connectivity index (χ0n) is 12.1. The molecule has 0 bridgehead atoms. The lowest BCUT2D eigenvalue weighted by molar-refractivity contribution is -0.134. The molecule has 0 unspecified atom stereocenters. The standard InChI is InChI=1S/C15H20O4/c1-6-12(16)18-14-9(3)8-10(4)15(11(14)5)19-13(17)7-2/h8H,6-7H2,1-5H3. The largest absolute Gasteiger partial charge is 0.426 e. The van der Waals surface area contributed by atoms with Gasteiger partial charge in [-0.05, 0) is 38.0 Å². The van der Waals surface area contributed by atoms with E-state index >= 15 is 0 Å². The minimum Gasteiger partial charge on any atom is -0.426 e. The van der Waals surface area contributed by atoms with Crippen molar-refractivity contribution in [1.29, 1.82) is 0 Å². The third-order valence-corrected chi connectivity index (χ3v) is 2.84. The zero-order valence-corrected chi connectivity index (χ0v) is 12.1. The van der Waals surface area contributed by atoms with Crippen LogP contribution in [0.2, 0.25) is 0 Å². The third kappa shape index (κ3) is 3.56. The molecule has 0 aliphatic carbocycles. The van der Waals surface area contributed by atoms with Gasteiger partial charge in [0.05, 0.1) is 0 Å². The topological polar surface area (TPSA) is 52.6 Å². The number of hydrogen-bond acceptors (Lipinski definition) is 4. The van der Waals surface area contributed by atoms with Gasteiger partial charge in [-0.15, -0.1) is 0 Å². The van der Waals surface area contributed by atoms with Gasteiger partial charge in [-0.1, -0.05) is 13.8 Å². The van der Waals surface area contributed by atoms with Gasteiger partial charge in [-0.25, -0.2) is 0 Å². The van der Waals surface area contributed by atoms with Crippen molar-refractivity contribution in [1.82, 2.24) is 0 Å². The summed E-state index contributed by atoms with van der Waals surface area (Å²) in [4.78, 5) is 22.9. The van der Waals surface area contributed by atoms with E-state index in [1.807, 2.05) is 19.9 Å². The Kier molecular flexibility index (Phi) is 5.10. The minimum atomic E-state index is -0.303. The molecule has 4 heteroatoms. The van der Waals surface area contributed by atoms with E-state index in [9.17, 15) is 9.59 Å². The van der Waals surface area contributed by atoms with Crippen LogP contribution in [0.5, 0.6) is 11.5 Å². The van der Waals surface area contributed by atoms with Crippen LogP contribution in [0.4, 0.5) is 0 Å². The second-order valence-corrected chi connectivity index (χ2v) is 4.45. The number of carbonyl (C=O) groups is 2. The maximum atomic E-state index is 11.4. The second kappa shape index (κ2) is 6.36. The molecule has 0 fully saturated rings. The summed E-state index contributed by atoms with van der Waals surface area (Å²) in [5.74, 6) is 0.360. The predicted molar refractivity (Wildman–Crippen MR) is 72.5 cm³/mol. The Hall–Kier alpha value is -1.84. The van der Waals surface area contributed by atoms with Gasteiger partial charge in [0, 0.05) is 18.4 Å². The molecule has 0 N–H and O–H groups in total. The fourth-order valence-electron chi connectivity index (χ4n) is 1.84. The Morgan fingerprint density at radius 2 is 1.26 bits per heavy atom. The Morgan fingerprint density at radius 3 is 1.58 bits per heavy atom. The van der Waals surface area contributed by atoms with Crippen LogP contribution in [0.1, 0.15) is 43.4 Å². The van der Waals surface area contributed by atoms with Crippen molar-refractivity contribution in [2.45, 2.75) is 47.5 Å². The lowest BCUT2D eigenvalue weighted by Crippen LogP contribution is -2.12. The number of rotatable bonds is 4. The number of esters is 2. The highest BCUT2D eigenvalue weighted by molar-refractivity contribution is 5.76. The first-order valence-electron chi connectivity index (χ1n) is 6.42. The van der Waals surface area contributed by atoms with Crippen LogP contribution in [0.15, 0.2) is 6.07 Å². The number of hydrogen-bond donors (Lipinski definition) is 0. The number of ether oxygens (including phenoxy) is 2. The first kappa shape index (κ1) is 15.2. The number of aryl methyl sites for hydroxylation is 2. The fourth-order valence-corrected chi connectivity index (χ4v) is 1.84. The molecular weight excluding hydrogens is 244 g/mol. The van der Waals surface area contributed by atoms with Crippen molar-refractivity contribution in [3.05, 3.63) is 22.8 Å². The molecule has 0 amide bonds. The van der Waals surface area contributed by atoms with Gasteiger partial charge in [0.15, 0.2) is 0 Å². The van der Waals surface area contributed by atoms with Crippen molar-refractivity contribution in [2.75, 3.05) is 0 Å². The quantitative estimate of drug-likeness (QED) is 0.618. The lowest BCUT2D eigenvalue weighted by Gasteiger charge is -2.16. The molecule has 0 aliphatic rings. The summed E-state index contributed by atoms with van der Waals surface area (Å²) in [7, 11) is 0. The van der Waals surface area contributed by atoms with Gasteiger partial charge < -0.3 is 9.47 Å². The van der Waals surface area contributed by atoms with Crippen LogP contribution < -0.4 is 9.47 Å². The van der Waals surface area contributed by atoms with Gasteiger partial charge >= 0.3 is 11.9 Å². The predicted octanol–water partition coefficient (Wildman–Crippen LogP) is 3.24. The van der Waals surface area contributed by atoms with E-state index in [1.54, 1.807) is 20.8 Å². The zero-order chi connectivity index (χ0) is 14.6. The van der Waals surface area contributed by atoms with Gasteiger partial charge in [0.2, 0.25) is 0 Å². The lowest BCUT2D eigenvalue weighted by atomic mass is 10.0. The van der Waals surface area contributed by atoms with E-state index in [4.69, 9.17) is 9.47 Å². The molecule has 0 atom stereocenters. The summed E-state index contributed by atoms with van der Waals surface area (Å²) in [5.41, 5.74) is 2.39. The van der Waals surface area contributed by atoms with Crippen molar-refractivity contribution in [3.8, 4) is 11.5 Å². The molecule has 0 aliphatic heterocycles. The Bertz CT molecular complexity index is 461. The van der Waals surface area contributed by atoms with Crippen molar-refractivity contribution < 1.29 is 19.1 Å². The summed E-state index contributed by atoms with van der Waals surface area (Å²) in [6.07, 6.45) is 0.605. The second-order valence-electron chi connectivity index (χ2n) is 4.45. The van der Waals surface area contributed by atoms with Crippen LogP contribution in [0, 0.1) is 20.8 Å². The van der Waals surface area contributed by atoms with Crippen LogP contribution in [-0.4, -0.2) is 11.9 Å². The summed E-state index contributed by atoms with van der Waals surface area (Å²) < 4.78 is 10.6. The van der Waals surface area contributed by atoms with E-state index in [-0.39, 0.29) is 11.9 Å². The highest BCUT2D eigenvalue weighted by atomic mass is 16.5. The monoisotopic (exact) mass is 264 g/mol. The maximum Gasteiger partial charge on any atom is 0.310 e. The first-order chi connectivity index (χ1) is 8.90. The molecule has 1 aromatic rings. The molecule has 0 radical (unpaired) electrons. The van der Waals surface area contributed by atoms with Gasteiger partial charge in [0.25, 0.3) is 0 Å². The highest BCUT2D eigenvalue weighted by Gasteiger charge is 2.17. The molecule has 0 aromatic heterocycles. The molecule has 104 valence electrons. The van der Waals surface area contributed by atoms with Gasteiger partial charge in [-0.2, -0.15) is 0 Å². The molecule has 1 rings (SSSR count). The average molecular weight is 264 g/mol. The Morgan fingerprint density at radius 1 is 0.895 bits per heavy atom. The van der Waals surface area contributed by atoms with E-state index in [0.29, 0.717) is 29.9 Å². The van der Waals surface area contributed by atoms with Crippen LogP contribution in [0.3, 0.4) is 0 Å². The third-order valence-electron chi connectivity index (χ3n) is 2.84. The highest BCUT2D eigenvalue weighted by Crippen LogP contribution is 2.35. The first-order valence-corrected chi connectivity index (χ1v) is 6.42. The fraction of sp³-hybridized carbons (Fsp3) is 0.467. The summed E-state index contributed by atoms with van der Waals surface area (Å²) >= 11 is 0. The van der Waals surface area contributed by atoms with E-state index in [2.05, 4.69) is 0 Å². The van der Waals surface area contributed by atoms with Crippen LogP contribution in [-0.2, 0) is 9.59 Å². The minimum absolute atomic E-state index is 0.302. The number of carbonyl (C=O) groups excluding carboxylic acids is 2. The molecule has 0 saturated heterocycles. The molecule has 0 saturated carbocycles. The molecular formula is C15H20O4. The molecule has 0 heterocycles. The van der Waals surface area contributed by atoms with E-state index in [0.717, 1.165) is 11.1 Å². The molecule has 1 aromatic carbocycles. The molecule has 0 spiro atoms. The normalized spacial score (nSPS) is 10.2. The maximum absolute atomic E-state index is 11.4. The van der Waals surface area contributed by atoms with Crippen LogP contribution in [0.25, 0.3) is 0 Å². The van der Waals surface area contributed by atoms with E-state index < -0.39 is 0 Å². The van der Waals surface area contributed by atoms with Crippen molar-refractivity contribution in [2.24, 2.45) is 0 Å². The summed E-state index contributed by atoms with van der Waals surface area (Å²) in [5, 5.41) is 0. The van der Waals surface area contributed by atoms with Gasteiger partial charge in [0.1, 0.15) is 11.5 Å². The summed E-state index contributed by atoms with van der Waals surface area (Å²) in [6.45, 7) is 8.99.